The first-order valence-corrected chi connectivity index (χ1v) is 4.99. The quantitative estimate of drug-likeness (QED) is 0.766. The zero-order valence-electron chi connectivity index (χ0n) is 8.05. The molecule has 0 amide bonds. The van der Waals surface area contributed by atoms with Gasteiger partial charge in [-0.25, -0.2) is 4.98 Å². The lowest BCUT2D eigenvalue weighted by molar-refractivity contribution is 0.294. The predicted molar refractivity (Wildman–Crippen MR) is 54.9 cm³/mol. The number of aromatic nitrogens is 2. The summed E-state index contributed by atoms with van der Waals surface area (Å²) in [5.74, 6) is 0.214. The molecule has 1 aromatic heterocycles. The average Bonchev–Trinajstić information content (AvgIpc) is 2.19. The summed E-state index contributed by atoms with van der Waals surface area (Å²) >= 11 is 5.67. The van der Waals surface area contributed by atoms with E-state index in [0.717, 1.165) is 19.3 Å². The minimum absolute atomic E-state index is 0.0176. The Hall–Kier alpha value is -1.03. The molecule has 0 saturated heterocycles. The van der Waals surface area contributed by atoms with Crippen molar-refractivity contribution >= 4 is 11.6 Å². The zero-order valence-corrected chi connectivity index (χ0v) is 8.80. The van der Waals surface area contributed by atoms with Crippen molar-refractivity contribution in [2.75, 3.05) is 6.61 Å². The number of unbranched alkanes of at least 4 members (excludes halogenated alkanes) is 2. The van der Waals surface area contributed by atoms with Gasteiger partial charge in [-0.05, 0) is 6.42 Å². The molecule has 0 atom stereocenters. The van der Waals surface area contributed by atoms with E-state index < -0.39 is 0 Å². The van der Waals surface area contributed by atoms with Gasteiger partial charge in [0.1, 0.15) is 0 Å². The van der Waals surface area contributed by atoms with E-state index in [1.54, 1.807) is 0 Å². The lowest BCUT2D eigenvalue weighted by atomic mass is 10.3. The number of nitrogens with zero attached hydrogens (tertiary/aromatic N) is 1. The Morgan fingerprint density at radius 3 is 3.07 bits per heavy atom. The van der Waals surface area contributed by atoms with Crippen LogP contribution < -0.4 is 10.3 Å². The van der Waals surface area contributed by atoms with Gasteiger partial charge in [-0.1, -0.05) is 31.4 Å². The van der Waals surface area contributed by atoms with Crippen LogP contribution in [0.5, 0.6) is 5.88 Å². The number of rotatable bonds is 5. The van der Waals surface area contributed by atoms with Crippen LogP contribution in [0.4, 0.5) is 0 Å². The third kappa shape index (κ3) is 3.03. The summed E-state index contributed by atoms with van der Waals surface area (Å²) in [5, 5.41) is 0.0176. The topological polar surface area (TPSA) is 55.0 Å². The maximum atomic E-state index is 11.0. The van der Waals surface area contributed by atoms with Crippen LogP contribution in [0, 0.1) is 0 Å². The first kappa shape index (κ1) is 11.0. The Kier molecular flexibility index (Phi) is 4.46. The van der Waals surface area contributed by atoms with Gasteiger partial charge in [-0.2, -0.15) is 0 Å². The van der Waals surface area contributed by atoms with Gasteiger partial charge in [-0.15, -0.1) is 0 Å². The molecule has 1 aromatic rings. The van der Waals surface area contributed by atoms with E-state index in [9.17, 15) is 4.79 Å². The first-order chi connectivity index (χ1) is 6.75. The largest absolute Gasteiger partial charge is 0.476 e. The lowest BCUT2D eigenvalue weighted by Crippen LogP contribution is -2.10. The van der Waals surface area contributed by atoms with Crippen LogP contribution in [0.2, 0.25) is 5.02 Å². The molecule has 14 heavy (non-hydrogen) atoms. The van der Waals surface area contributed by atoms with Gasteiger partial charge in [-0.3, -0.25) is 4.79 Å². The smallest absolute Gasteiger partial charge is 0.273 e. The number of aromatic amines is 1. The molecule has 0 spiro atoms. The highest BCUT2D eigenvalue weighted by atomic mass is 35.5. The zero-order chi connectivity index (χ0) is 10.4. The Morgan fingerprint density at radius 1 is 1.57 bits per heavy atom. The highest BCUT2D eigenvalue weighted by molar-refractivity contribution is 6.31. The molecule has 0 aromatic carbocycles. The van der Waals surface area contributed by atoms with Crippen molar-refractivity contribution in [3.8, 4) is 5.88 Å². The molecule has 0 saturated carbocycles. The highest BCUT2D eigenvalue weighted by Gasteiger charge is 2.05. The SMILES string of the molecule is CCCCCOc1nc[nH]c(=O)c1Cl. The third-order valence-electron chi connectivity index (χ3n) is 1.75. The minimum Gasteiger partial charge on any atom is -0.476 e. The summed E-state index contributed by atoms with van der Waals surface area (Å²) in [7, 11) is 0. The van der Waals surface area contributed by atoms with Crippen molar-refractivity contribution in [1.29, 1.82) is 0 Å². The second kappa shape index (κ2) is 5.65. The summed E-state index contributed by atoms with van der Waals surface area (Å²) < 4.78 is 5.26. The molecule has 0 aliphatic heterocycles. The number of nitrogens with one attached hydrogen (secondary N) is 1. The number of ether oxygens (including phenoxy) is 1. The number of hydrogen-bond donors (Lipinski definition) is 1. The van der Waals surface area contributed by atoms with E-state index in [0.29, 0.717) is 6.61 Å². The van der Waals surface area contributed by atoms with Gasteiger partial charge in [0.2, 0.25) is 5.88 Å². The maximum absolute atomic E-state index is 11.0. The summed E-state index contributed by atoms with van der Waals surface area (Å²) in [6, 6.07) is 0. The van der Waals surface area contributed by atoms with E-state index >= 15 is 0 Å². The van der Waals surface area contributed by atoms with Crippen molar-refractivity contribution in [2.45, 2.75) is 26.2 Å². The van der Waals surface area contributed by atoms with Crippen LogP contribution in [-0.2, 0) is 0 Å². The van der Waals surface area contributed by atoms with Crippen molar-refractivity contribution in [3.05, 3.63) is 21.7 Å². The second-order valence-corrected chi connectivity index (χ2v) is 3.28. The lowest BCUT2D eigenvalue weighted by Gasteiger charge is -2.04. The standard InChI is InChI=1S/C9H13ClN2O2/c1-2-3-4-5-14-9-7(10)8(13)11-6-12-9/h6H,2-5H2,1H3,(H,11,12,13). The van der Waals surface area contributed by atoms with E-state index in [2.05, 4.69) is 16.9 Å². The number of halogens is 1. The molecule has 1 rings (SSSR count). The Labute approximate surface area is 87.3 Å². The molecule has 0 unspecified atom stereocenters. The van der Waals surface area contributed by atoms with Gasteiger partial charge in [0.25, 0.3) is 5.56 Å². The average molecular weight is 217 g/mol. The van der Waals surface area contributed by atoms with Gasteiger partial charge in [0, 0.05) is 0 Å². The van der Waals surface area contributed by atoms with Gasteiger partial charge in [0.15, 0.2) is 5.02 Å². The minimum atomic E-state index is -0.368. The monoisotopic (exact) mass is 216 g/mol. The van der Waals surface area contributed by atoms with Crippen LogP contribution in [0.15, 0.2) is 11.1 Å². The fraction of sp³-hybridized carbons (Fsp3) is 0.556. The summed E-state index contributed by atoms with van der Waals surface area (Å²) in [6.45, 7) is 2.66. The molecule has 0 bridgehead atoms. The van der Waals surface area contributed by atoms with Gasteiger partial charge >= 0.3 is 0 Å². The normalized spacial score (nSPS) is 10.1. The molecule has 5 heteroatoms. The predicted octanol–water partition coefficient (Wildman–Crippen LogP) is 1.99. The van der Waals surface area contributed by atoms with Crippen LogP contribution >= 0.6 is 11.6 Å². The Balaban J connectivity index is 2.51. The fourth-order valence-electron chi connectivity index (χ4n) is 0.988. The molecule has 0 aliphatic rings. The van der Waals surface area contributed by atoms with Gasteiger partial charge < -0.3 is 9.72 Å². The molecular formula is C9H13ClN2O2. The van der Waals surface area contributed by atoms with Crippen LogP contribution in [0.25, 0.3) is 0 Å². The highest BCUT2D eigenvalue weighted by Crippen LogP contribution is 2.15. The molecular weight excluding hydrogens is 204 g/mol. The Morgan fingerprint density at radius 2 is 2.36 bits per heavy atom. The Bertz CT molecular complexity index is 338. The van der Waals surface area contributed by atoms with Crippen molar-refractivity contribution in [1.82, 2.24) is 9.97 Å². The van der Waals surface area contributed by atoms with Crippen LogP contribution in [0.1, 0.15) is 26.2 Å². The summed E-state index contributed by atoms with van der Waals surface area (Å²) in [5.41, 5.74) is -0.368. The summed E-state index contributed by atoms with van der Waals surface area (Å²) in [4.78, 5) is 17.2. The van der Waals surface area contributed by atoms with E-state index in [4.69, 9.17) is 16.3 Å². The van der Waals surface area contributed by atoms with Crippen molar-refractivity contribution in [2.24, 2.45) is 0 Å². The van der Waals surface area contributed by atoms with Crippen LogP contribution in [-0.4, -0.2) is 16.6 Å². The second-order valence-electron chi connectivity index (χ2n) is 2.91. The number of hydrogen-bond acceptors (Lipinski definition) is 3. The van der Waals surface area contributed by atoms with E-state index in [1.807, 2.05) is 0 Å². The van der Waals surface area contributed by atoms with E-state index in [1.165, 1.54) is 6.33 Å². The number of H-pyrrole nitrogens is 1. The molecule has 1 heterocycles. The maximum Gasteiger partial charge on any atom is 0.273 e. The molecule has 1 N–H and O–H groups in total. The molecule has 78 valence electrons. The molecule has 0 fully saturated rings. The van der Waals surface area contributed by atoms with E-state index in [-0.39, 0.29) is 16.5 Å². The van der Waals surface area contributed by atoms with Crippen molar-refractivity contribution in [3.63, 3.8) is 0 Å². The first-order valence-electron chi connectivity index (χ1n) is 4.61. The summed E-state index contributed by atoms with van der Waals surface area (Å²) in [6.07, 6.45) is 4.45. The van der Waals surface area contributed by atoms with Crippen LogP contribution in [0.3, 0.4) is 0 Å². The molecule has 4 nitrogen and oxygen atoms in total. The van der Waals surface area contributed by atoms with Gasteiger partial charge in [0.05, 0.1) is 12.9 Å². The fourth-order valence-corrected chi connectivity index (χ4v) is 1.15. The van der Waals surface area contributed by atoms with Crippen molar-refractivity contribution < 1.29 is 4.74 Å². The molecule has 0 aliphatic carbocycles. The third-order valence-corrected chi connectivity index (χ3v) is 2.08. The molecule has 0 radical (unpaired) electrons.